The molecule has 0 aromatic heterocycles. The van der Waals surface area contributed by atoms with Gasteiger partial charge in [-0.3, -0.25) is 14.9 Å². The molecule has 0 N–H and O–H groups in total. The molecule has 0 fully saturated rings. The van der Waals surface area contributed by atoms with Gasteiger partial charge in [-0.15, -0.1) is 11.8 Å². The highest BCUT2D eigenvalue weighted by Crippen LogP contribution is 2.21. The SMILES string of the molecule is O=[C]CCCSc1ccc([N+](=O)[O-])cc1. The molecule has 1 rings (SSSR count). The molecular formula is C10H10NO3S. The summed E-state index contributed by atoms with van der Waals surface area (Å²) >= 11 is 1.58. The van der Waals surface area contributed by atoms with E-state index in [0.717, 1.165) is 17.1 Å². The minimum atomic E-state index is -0.421. The Bertz CT molecular complexity index is 337. The van der Waals surface area contributed by atoms with Crippen LogP contribution in [0.25, 0.3) is 0 Å². The maximum Gasteiger partial charge on any atom is 0.269 e. The van der Waals surface area contributed by atoms with Crippen LogP contribution in [0, 0.1) is 10.1 Å². The zero-order valence-corrected chi connectivity index (χ0v) is 8.83. The summed E-state index contributed by atoms with van der Waals surface area (Å²) in [7, 11) is 0. The van der Waals surface area contributed by atoms with E-state index in [-0.39, 0.29) is 5.69 Å². The predicted molar refractivity (Wildman–Crippen MR) is 58.7 cm³/mol. The van der Waals surface area contributed by atoms with Crippen molar-refractivity contribution in [3.8, 4) is 0 Å². The summed E-state index contributed by atoms with van der Waals surface area (Å²) in [5.41, 5.74) is 0.0978. The fourth-order valence-corrected chi connectivity index (χ4v) is 1.85. The smallest absolute Gasteiger partial charge is 0.269 e. The van der Waals surface area contributed by atoms with Crippen LogP contribution in [0.3, 0.4) is 0 Å². The van der Waals surface area contributed by atoms with E-state index >= 15 is 0 Å². The lowest BCUT2D eigenvalue weighted by molar-refractivity contribution is -0.384. The molecule has 5 heteroatoms. The van der Waals surface area contributed by atoms with E-state index in [9.17, 15) is 14.9 Å². The average Bonchev–Trinajstić information content (AvgIpc) is 2.25. The summed E-state index contributed by atoms with van der Waals surface area (Å²) in [5, 5.41) is 10.4. The summed E-state index contributed by atoms with van der Waals surface area (Å²) in [6, 6.07) is 6.39. The van der Waals surface area contributed by atoms with Crippen molar-refractivity contribution >= 4 is 23.7 Å². The van der Waals surface area contributed by atoms with Gasteiger partial charge in [0.2, 0.25) is 0 Å². The zero-order valence-electron chi connectivity index (χ0n) is 8.01. The Morgan fingerprint density at radius 1 is 1.33 bits per heavy atom. The Morgan fingerprint density at radius 2 is 2.00 bits per heavy atom. The summed E-state index contributed by atoms with van der Waals surface area (Å²) in [6.45, 7) is 0. The number of hydrogen-bond donors (Lipinski definition) is 0. The quantitative estimate of drug-likeness (QED) is 0.322. The molecule has 0 spiro atoms. The number of nitrogens with zero attached hydrogens (tertiary/aromatic N) is 1. The Hall–Kier alpha value is -1.36. The molecule has 1 radical (unpaired) electrons. The largest absolute Gasteiger partial charge is 0.291 e. The fourth-order valence-electron chi connectivity index (χ4n) is 0.998. The van der Waals surface area contributed by atoms with Gasteiger partial charge < -0.3 is 0 Å². The Balaban J connectivity index is 2.42. The average molecular weight is 224 g/mol. The van der Waals surface area contributed by atoms with E-state index in [4.69, 9.17) is 0 Å². The van der Waals surface area contributed by atoms with Gasteiger partial charge in [0.15, 0.2) is 6.29 Å². The molecule has 0 amide bonds. The van der Waals surface area contributed by atoms with E-state index < -0.39 is 4.92 Å². The number of carbonyl (C=O) groups excluding carboxylic acids is 1. The van der Waals surface area contributed by atoms with Crippen molar-refractivity contribution in [1.82, 2.24) is 0 Å². The van der Waals surface area contributed by atoms with Crippen molar-refractivity contribution in [2.75, 3.05) is 5.75 Å². The monoisotopic (exact) mass is 224 g/mol. The van der Waals surface area contributed by atoms with Crippen molar-refractivity contribution in [2.45, 2.75) is 17.7 Å². The molecular weight excluding hydrogens is 214 g/mol. The maximum absolute atomic E-state index is 10.4. The van der Waals surface area contributed by atoms with Gasteiger partial charge >= 0.3 is 0 Å². The van der Waals surface area contributed by atoms with Gasteiger partial charge in [0.05, 0.1) is 4.92 Å². The molecule has 0 atom stereocenters. The molecule has 0 aliphatic rings. The lowest BCUT2D eigenvalue weighted by atomic mass is 10.3. The highest BCUT2D eigenvalue weighted by molar-refractivity contribution is 7.99. The molecule has 0 saturated heterocycles. The third kappa shape index (κ3) is 4.12. The van der Waals surface area contributed by atoms with Crippen LogP contribution in [-0.2, 0) is 4.79 Å². The van der Waals surface area contributed by atoms with Crippen molar-refractivity contribution in [1.29, 1.82) is 0 Å². The fraction of sp³-hybridized carbons (Fsp3) is 0.300. The third-order valence-corrected chi connectivity index (χ3v) is 2.84. The maximum atomic E-state index is 10.4. The van der Waals surface area contributed by atoms with E-state index in [1.807, 2.05) is 6.29 Å². The molecule has 0 aliphatic heterocycles. The topological polar surface area (TPSA) is 60.2 Å². The summed E-state index contributed by atoms with van der Waals surface area (Å²) in [4.78, 5) is 20.9. The standard InChI is InChI=1S/C10H10NO3S/c12-7-1-2-8-15-10-5-3-9(4-6-10)11(13)14/h3-6H,1-2,8H2. The van der Waals surface area contributed by atoms with Gasteiger partial charge in [0.1, 0.15) is 0 Å². The molecule has 0 aliphatic carbocycles. The Labute approximate surface area is 91.8 Å². The molecule has 4 nitrogen and oxygen atoms in total. The van der Waals surface area contributed by atoms with Crippen molar-refractivity contribution in [3.63, 3.8) is 0 Å². The summed E-state index contributed by atoms with van der Waals surface area (Å²) < 4.78 is 0. The zero-order chi connectivity index (χ0) is 11.1. The lowest BCUT2D eigenvalue weighted by Crippen LogP contribution is -1.87. The summed E-state index contributed by atoms with van der Waals surface area (Å²) in [6.07, 6.45) is 3.05. The van der Waals surface area contributed by atoms with Crippen LogP contribution < -0.4 is 0 Å². The minimum absolute atomic E-state index is 0.0978. The lowest BCUT2D eigenvalue weighted by Gasteiger charge is -1.98. The van der Waals surface area contributed by atoms with Gasteiger partial charge in [-0.1, -0.05) is 0 Å². The number of benzene rings is 1. The van der Waals surface area contributed by atoms with Gasteiger partial charge in [-0.05, 0) is 24.3 Å². The second kappa shape index (κ2) is 6.19. The van der Waals surface area contributed by atoms with Crippen LogP contribution in [0.5, 0.6) is 0 Å². The van der Waals surface area contributed by atoms with E-state index in [1.165, 1.54) is 12.1 Å². The molecule has 79 valence electrons. The first-order valence-corrected chi connectivity index (χ1v) is 5.45. The van der Waals surface area contributed by atoms with Crippen LogP contribution >= 0.6 is 11.8 Å². The Morgan fingerprint density at radius 3 is 2.53 bits per heavy atom. The minimum Gasteiger partial charge on any atom is -0.291 e. The molecule has 1 aromatic carbocycles. The number of hydrogen-bond acceptors (Lipinski definition) is 4. The van der Waals surface area contributed by atoms with Crippen molar-refractivity contribution in [2.24, 2.45) is 0 Å². The highest BCUT2D eigenvalue weighted by Gasteiger charge is 2.03. The first kappa shape index (κ1) is 11.7. The molecule has 1 aromatic rings. The normalized spacial score (nSPS) is 9.87. The van der Waals surface area contributed by atoms with Gasteiger partial charge in [0, 0.05) is 23.4 Å². The van der Waals surface area contributed by atoms with Crippen LogP contribution in [0.4, 0.5) is 5.69 Å². The molecule has 0 bridgehead atoms. The van der Waals surface area contributed by atoms with Crippen LogP contribution in [0.2, 0.25) is 0 Å². The van der Waals surface area contributed by atoms with Crippen LogP contribution in [0.15, 0.2) is 29.2 Å². The van der Waals surface area contributed by atoms with E-state index in [2.05, 4.69) is 0 Å². The molecule has 0 heterocycles. The van der Waals surface area contributed by atoms with Crippen molar-refractivity contribution in [3.05, 3.63) is 34.4 Å². The number of non-ortho nitro benzene ring substituents is 1. The van der Waals surface area contributed by atoms with Crippen molar-refractivity contribution < 1.29 is 9.72 Å². The highest BCUT2D eigenvalue weighted by atomic mass is 32.2. The van der Waals surface area contributed by atoms with Gasteiger partial charge in [-0.2, -0.15) is 0 Å². The second-order valence-corrected chi connectivity index (χ2v) is 4.02. The first-order valence-electron chi connectivity index (χ1n) is 4.46. The second-order valence-electron chi connectivity index (χ2n) is 2.85. The first-order chi connectivity index (χ1) is 7.24. The molecule has 0 saturated carbocycles. The van der Waals surface area contributed by atoms with E-state index in [0.29, 0.717) is 6.42 Å². The Kier molecular flexibility index (Phi) is 4.83. The van der Waals surface area contributed by atoms with Crippen LogP contribution in [0.1, 0.15) is 12.8 Å². The number of unbranched alkanes of at least 4 members (excludes halogenated alkanes) is 1. The number of rotatable bonds is 6. The molecule has 0 unspecified atom stereocenters. The number of thioether (sulfide) groups is 1. The third-order valence-electron chi connectivity index (χ3n) is 1.74. The van der Waals surface area contributed by atoms with Gasteiger partial charge in [-0.25, -0.2) is 0 Å². The number of nitro groups is 1. The number of nitro benzene ring substituents is 1. The predicted octanol–water partition coefficient (Wildman–Crippen LogP) is 2.58. The summed E-state index contributed by atoms with van der Waals surface area (Å²) in [5.74, 6) is 0.826. The van der Waals surface area contributed by atoms with Gasteiger partial charge in [0.25, 0.3) is 5.69 Å². The van der Waals surface area contributed by atoms with E-state index in [1.54, 1.807) is 23.9 Å². The molecule has 15 heavy (non-hydrogen) atoms. The van der Waals surface area contributed by atoms with Crippen LogP contribution in [-0.4, -0.2) is 17.0 Å².